The Morgan fingerprint density at radius 2 is 2.12 bits per heavy atom. The number of thioether (sulfide) groups is 1. The normalized spacial score (nSPS) is 32.8. The van der Waals surface area contributed by atoms with Gasteiger partial charge in [0, 0.05) is 12.3 Å². The van der Waals surface area contributed by atoms with E-state index in [1.807, 2.05) is 19.1 Å². The molecule has 2 aliphatic rings. The third-order valence-electron chi connectivity index (χ3n) is 5.94. The fourth-order valence-corrected chi connectivity index (χ4v) is 5.32. The highest BCUT2D eigenvalue weighted by atomic mass is 32.2. The summed E-state index contributed by atoms with van der Waals surface area (Å²) in [5.74, 6) is 8.13. The molecule has 0 aliphatic heterocycles. The SMILES string of the molecule is CC#CCC(C)C(O)C=C[C@H]1[C@@H]2CC(CCSCC(=O)O)C[C@H]2C[C@@H]1O. The number of fused-ring (bicyclic) bond motifs is 1. The average Bonchev–Trinajstić information content (AvgIpc) is 3.10. The first-order chi connectivity index (χ1) is 12.4. The molecule has 146 valence electrons. The Hall–Kier alpha value is -0.960. The highest BCUT2D eigenvalue weighted by Crippen LogP contribution is 2.51. The number of aliphatic hydroxyl groups is 2. The van der Waals surface area contributed by atoms with E-state index in [-0.39, 0.29) is 23.7 Å². The van der Waals surface area contributed by atoms with Gasteiger partial charge in [0.1, 0.15) is 0 Å². The summed E-state index contributed by atoms with van der Waals surface area (Å²) in [5, 5.41) is 29.4. The first-order valence-corrected chi connectivity index (χ1v) is 10.8. The van der Waals surface area contributed by atoms with Crippen LogP contribution in [0.2, 0.25) is 0 Å². The number of carbonyl (C=O) groups is 1. The van der Waals surface area contributed by atoms with Crippen LogP contribution in [0.15, 0.2) is 12.2 Å². The molecule has 0 radical (unpaired) electrons. The van der Waals surface area contributed by atoms with Crippen LogP contribution < -0.4 is 0 Å². The Kier molecular flexibility index (Phi) is 8.53. The third kappa shape index (κ3) is 6.04. The lowest BCUT2D eigenvalue weighted by Gasteiger charge is -2.20. The number of hydrogen-bond donors (Lipinski definition) is 3. The lowest BCUT2D eigenvalue weighted by molar-refractivity contribution is -0.133. The van der Waals surface area contributed by atoms with E-state index in [9.17, 15) is 15.0 Å². The van der Waals surface area contributed by atoms with Crippen molar-refractivity contribution in [3.05, 3.63) is 12.2 Å². The van der Waals surface area contributed by atoms with Gasteiger partial charge in [-0.15, -0.1) is 11.8 Å². The van der Waals surface area contributed by atoms with Crippen LogP contribution in [0.25, 0.3) is 0 Å². The zero-order valence-corrected chi connectivity index (χ0v) is 16.6. The van der Waals surface area contributed by atoms with Crippen LogP contribution in [0.1, 0.15) is 46.0 Å². The van der Waals surface area contributed by atoms with Crippen LogP contribution in [-0.4, -0.2) is 45.0 Å². The van der Waals surface area contributed by atoms with Gasteiger partial charge in [-0.1, -0.05) is 19.1 Å². The second-order valence-corrected chi connectivity index (χ2v) is 8.97. The van der Waals surface area contributed by atoms with Crippen molar-refractivity contribution in [2.45, 2.75) is 58.2 Å². The molecule has 0 amide bonds. The van der Waals surface area contributed by atoms with Gasteiger partial charge < -0.3 is 15.3 Å². The van der Waals surface area contributed by atoms with Crippen molar-refractivity contribution >= 4 is 17.7 Å². The number of aliphatic carboxylic acids is 1. The molecule has 2 fully saturated rings. The van der Waals surface area contributed by atoms with Gasteiger partial charge in [0.2, 0.25) is 0 Å². The number of hydrogen-bond acceptors (Lipinski definition) is 4. The summed E-state index contributed by atoms with van der Waals surface area (Å²) < 4.78 is 0. The van der Waals surface area contributed by atoms with E-state index in [0.29, 0.717) is 24.2 Å². The molecule has 2 saturated carbocycles. The Morgan fingerprint density at radius 3 is 2.81 bits per heavy atom. The molecular weight excluding hydrogens is 348 g/mol. The number of carboxylic acid groups (broad SMARTS) is 1. The van der Waals surface area contributed by atoms with E-state index in [1.165, 1.54) is 11.8 Å². The monoisotopic (exact) mass is 380 g/mol. The molecular formula is C21H32O4S. The van der Waals surface area contributed by atoms with Crippen molar-refractivity contribution in [1.29, 1.82) is 0 Å². The second-order valence-electron chi connectivity index (χ2n) is 7.86. The van der Waals surface area contributed by atoms with Crippen LogP contribution >= 0.6 is 11.8 Å². The minimum absolute atomic E-state index is 0.0932. The van der Waals surface area contributed by atoms with E-state index in [1.54, 1.807) is 6.92 Å². The van der Waals surface area contributed by atoms with Gasteiger partial charge in [-0.2, -0.15) is 11.8 Å². The van der Waals surface area contributed by atoms with Gasteiger partial charge in [0.15, 0.2) is 0 Å². The summed E-state index contributed by atoms with van der Waals surface area (Å²) in [5.41, 5.74) is 0. The number of carboxylic acids is 1. The molecule has 3 N–H and O–H groups in total. The van der Waals surface area contributed by atoms with Crippen LogP contribution in [0.4, 0.5) is 0 Å². The summed E-state index contributed by atoms with van der Waals surface area (Å²) in [6.45, 7) is 3.80. The molecule has 2 rings (SSSR count). The number of aliphatic hydroxyl groups excluding tert-OH is 2. The summed E-state index contributed by atoms with van der Waals surface area (Å²) in [6.07, 6.45) is 7.91. The van der Waals surface area contributed by atoms with Crippen LogP contribution in [0.5, 0.6) is 0 Å². The van der Waals surface area contributed by atoms with Crippen LogP contribution in [0.3, 0.4) is 0 Å². The Labute approximate surface area is 161 Å². The third-order valence-corrected chi connectivity index (χ3v) is 6.92. The first-order valence-electron chi connectivity index (χ1n) is 9.66. The quantitative estimate of drug-likeness (QED) is 0.325. The molecule has 26 heavy (non-hydrogen) atoms. The van der Waals surface area contributed by atoms with E-state index >= 15 is 0 Å². The van der Waals surface area contributed by atoms with Gasteiger partial charge in [0.25, 0.3) is 0 Å². The smallest absolute Gasteiger partial charge is 0.313 e. The van der Waals surface area contributed by atoms with Gasteiger partial charge in [-0.05, 0) is 62.0 Å². The topological polar surface area (TPSA) is 77.8 Å². The highest BCUT2D eigenvalue weighted by Gasteiger charge is 2.46. The van der Waals surface area contributed by atoms with E-state index < -0.39 is 12.1 Å². The zero-order chi connectivity index (χ0) is 19.1. The molecule has 5 heteroatoms. The van der Waals surface area contributed by atoms with E-state index in [4.69, 9.17) is 5.11 Å². The van der Waals surface area contributed by atoms with Crippen molar-refractivity contribution < 1.29 is 20.1 Å². The molecule has 0 aromatic carbocycles. The predicted octanol–water partition coefficient (Wildman–Crippen LogP) is 3.18. The predicted molar refractivity (Wildman–Crippen MR) is 106 cm³/mol. The highest BCUT2D eigenvalue weighted by molar-refractivity contribution is 7.99. The molecule has 4 nitrogen and oxygen atoms in total. The van der Waals surface area contributed by atoms with Crippen molar-refractivity contribution in [2.24, 2.45) is 29.6 Å². The van der Waals surface area contributed by atoms with Gasteiger partial charge in [0.05, 0.1) is 18.0 Å². The van der Waals surface area contributed by atoms with Crippen molar-refractivity contribution in [1.82, 2.24) is 0 Å². The van der Waals surface area contributed by atoms with Crippen molar-refractivity contribution in [2.75, 3.05) is 11.5 Å². The molecule has 0 aromatic heterocycles. The molecule has 0 spiro atoms. The Bertz CT molecular complexity index is 550. The molecule has 0 bridgehead atoms. The Morgan fingerprint density at radius 1 is 1.35 bits per heavy atom. The van der Waals surface area contributed by atoms with Gasteiger partial charge in [-0.3, -0.25) is 4.79 Å². The summed E-state index contributed by atoms with van der Waals surface area (Å²) >= 11 is 1.49. The standard InChI is InChI=1S/C21H32O4S/c1-3-4-5-14(2)19(22)7-6-17-18-11-15(8-9-26-13-21(24)25)10-16(18)12-20(17)23/h6-7,14-20,22-23H,5,8-13H2,1-2H3,(H,24,25)/t14?,15?,16-,17-,18+,19?,20-/m0/s1. The van der Waals surface area contributed by atoms with E-state index in [0.717, 1.165) is 31.4 Å². The summed E-state index contributed by atoms with van der Waals surface area (Å²) in [6, 6.07) is 0. The fraction of sp³-hybridized carbons (Fsp3) is 0.762. The first kappa shape index (κ1) is 21.3. The van der Waals surface area contributed by atoms with Gasteiger partial charge in [-0.25, -0.2) is 0 Å². The van der Waals surface area contributed by atoms with Crippen LogP contribution in [0, 0.1) is 41.4 Å². The molecule has 0 saturated heterocycles. The second kappa shape index (κ2) is 10.4. The molecule has 3 unspecified atom stereocenters. The average molecular weight is 381 g/mol. The maximum absolute atomic E-state index is 10.6. The zero-order valence-electron chi connectivity index (χ0n) is 15.8. The van der Waals surface area contributed by atoms with Crippen molar-refractivity contribution in [3.8, 4) is 11.8 Å². The lowest BCUT2D eigenvalue weighted by atomic mass is 9.88. The lowest BCUT2D eigenvalue weighted by Crippen LogP contribution is -2.20. The van der Waals surface area contributed by atoms with Gasteiger partial charge >= 0.3 is 5.97 Å². The maximum Gasteiger partial charge on any atom is 0.313 e. The molecule has 7 atom stereocenters. The van der Waals surface area contributed by atoms with Crippen LogP contribution in [-0.2, 0) is 4.79 Å². The summed E-state index contributed by atoms with van der Waals surface area (Å²) in [7, 11) is 0. The number of rotatable bonds is 9. The minimum Gasteiger partial charge on any atom is -0.481 e. The fourth-order valence-electron chi connectivity index (χ4n) is 4.50. The molecule has 0 heterocycles. The molecule has 2 aliphatic carbocycles. The Balaban J connectivity index is 1.83. The van der Waals surface area contributed by atoms with Crippen molar-refractivity contribution in [3.63, 3.8) is 0 Å². The summed E-state index contributed by atoms with van der Waals surface area (Å²) in [4.78, 5) is 10.6. The van der Waals surface area contributed by atoms with E-state index in [2.05, 4.69) is 11.8 Å². The minimum atomic E-state index is -0.746. The largest absolute Gasteiger partial charge is 0.481 e. The molecule has 0 aromatic rings. The maximum atomic E-state index is 10.6.